The van der Waals surface area contributed by atoms with Crippen molar-refractivity contribution in [1.29, 1.82) is 0 Å². The second-order valence-corrected chi connectivity index (χ2v) is 6.67. The van der Waals surface area contributed by atoms with Crippen LogP contribution in [0, 0.1) is 0 Å². The fraction of sp³-hybridized carbons (Fsp3) is 0.789. The van der Waals surface area contributed by atoms with Gasteiger partial charge in [-0.15, -0.1) is 0 Å². The lowest BCUT2D eigenvalue weighted by molar-refractivity contribution is 0.145. The van der Waals surface area contributed by atoms with Crippen LogP contribution < -0.4 is 5.32 Å². The molecule has 0 aliphatic carbocycles. The summed E-state index contributed by atoms with van der Waals surface area (Å²) in [5, 5.41) is 3.57. The quantitative estimate of drug-likeness (QED) is 0.496. The van der Waals surface area contributed by atoms with E-state index in [9.17, 15) is 0 Å². The van der Waals surface area contributed by atoms with E-state index in [1.54, 1.807) is 0 Å². The monoisotopic (exact) mass is 292 g/mol. The van der Waals surface area contributed by atoms with Crippen LogP contribution in [0.4, 0.5) is 0 Å². The summed E-state index contributed by atoms with van der Waals surface area (Å²) in [6, 6.07) is 0.835. The van der Waals surface area contributed by atoms with Crippen molar-refractivity contribution in [2.45, 2.75) is 72.3 Å². The summed E-state index contributed by atoms with van der Waals surface area (Å²) in [6.07, 6.45) is 12.6. The van der Waals surface area contributed by atoms with E-state index in [-0.39, 0.29) is 0 Å². The molecule has 1 aliphatic rings. The average Bonchev–Trinajstić information content (AvgIpc) is 2.47. The Kier molecular flexibility index (Phi) is 9.69. The van der Waals surface area contributed by atoms with Gasteiger partial charge in [0.1, 0.15) is 0 Å². The van der Waals surface area contributed by atoms with E-state index in [1.807, 2.05) is 0 Å². The third-order valence-electron chi connectivity index (χ3n) is 4.48. The molecule has 0 bridgehead atoms. The second kappa shape index (κ2) is 11.0. The van der Waals surface area contributed by atoms with Crippen LogP contribution in [0.2, 0.25) is 0 Å². The lowest BCUT2D eigenvalue weighted by Crippen LogP contribution is -2.42. The van der Waals surface area contributed by atoms with E-state index < -0.39 is 0 Å². The normalized spacial score (nSPS) is 20.6. The lowest BCUT2D eigenvalue weighted by Gasteiger charge is -2.35. The minimum atomic E-state index is 0.835. The predicted molar refractivity (Wildman–Crippen MR) is 94.8 cm³/mol. The molecular weight excluding hydrogens is 256 g/mol. The van der Waals surface area contributed by atoms with Gasteiger partial charge in [-0.3, -0.25) is 4.90 Å². The molecule has 122 valence electrons. The van der Waals surface area contributed by atoms with Crippen molar-refractivity contribution >= 4 is 0 Å². The molecule has 1 aliphatic heterocycles. The van der Waals surface area contributed by atoms with Crippen LogP contribution >= 0.6 is 0 Å². The fourth-order valence-corrected chi connectivity index (χ4v) is 3.08. The summed E-state index contributed by atoms with van der Waals surface area (Å²) in [4.78, 5) is 2.68. The van der Waals surface area contributed by atoms with E-state index in [0.717, 1.165) is 19.1 Å². The molecule has 1 saturated heterocycles. The van der Waals surface area contributed by atoms with Crippen molar-refractivity contribution < 1.29 is 0 Å². The van der Waals surface area contributed by atoms with Crippen LogP contribution in [-0.4, -0.2) is 37.1 Å². The highest BCUT2D eigenvalue weighted by Crippen LogP contribution is 2.18. The van der Waals surface area contributed by atoms with Crippen molar-refractivity contribution in [1.82, 2.24) is 10.2 Å². The van der Waals surface area contributed by atoms with Gasteiger partial charge in [-0.1, -0.05) is 36.6 Å². The van der Waals surface area contributed by atoms with Gasteiger partial charge in [-0.25, -0.2) is 0 Å². The molecule has 0 aromatic carbocycles. The van der Waals surface area contributed by atoms with Gasteiger partial charge in [0, 0.05) is 25.7 Å². The fourth-order valence-electron chi connectivity index (χ4n) is 3.08. The zero-order chi connectivity index (χ0) is 15.5. The second-order valence-electron chi connectivity index (χ2n) is 6.67. The van der Waals surface area contributed by atoms with Gasteiger partial charge in [-0.2, -0.15) is 0 Å². The molecule has 0 spiro atoms. The van der Waals surface area contributed by atoms with E-state index in [0.29, 0.717) is 0 Å². The van der Waals surface area contributed by atoms with Gasteiger partial charge in [-0.05, 0) is 59.4 Å². The van der Waals surface area contributed by atoms with Gasteiger partial charge < -0.3 is 5.32 Å². The molecule has 0 amide bonds. The largest absolute Gasteiger partial charge is 0.312 e. The van der Waals surface area contributed by atoms with Crippen molar-refractivity contribution in [3.05, 3.63) is 23.3 Å². The number of piperidine rings is 1. The van der Waals surface area contributed by atoms with Gasteiger partial charge in [0.2, 0.25) is 0 Å². The summed E-state index contributed by atoms with van der Waals surface area (Å²) in [5.41, 5.74) is 2.93. The topological polar surface area (TPSA) is 15.3 Å². The number of nitrogens with one attached hydrogen (secondary N) is 1. The molecule has 2 nitrogen and oxygen atoms in total. The van der Waals surface area contributed by atoms with Crippen molar-refractivity contribution in [2.75, 3.05) is 26.2 Å². The molecular formula is C19H36N2. The third-order valence-corrected chi connectivity index (χ3v) is 4.48. The number of likely N-dealkylation sites (tertiary alicyclic amines) is 1. The standard InChI is InChI=1S/C19H36N2/c1-5-19-11-6-7-15-21(19)16-14-20-13-12-18(4)10-8-9-17(2)3/h9,12,19-20H,5-8,10-11,13-16H2,1-4H3/b18-12-. The molecule has 1 heterocycles. The molecule has 1 rings (SSSR count). The van der Waals surface area contributed by atoms with Crippen molar-refractivity contribution in [3.8, 4) is 0 Å². The number of hydrogen-bond donors (Lipinski definition) is 1. The maximum atomic E-state index is 3.57. The van der Waals surface area contributed by atoms with Gasteiger partial charge in [0.05, 0.1) is 0 Å². The number of nitrogens with zero attached hydrogens (tertiary/aromatic N) is 1. The third kappa shape index (κ3) is 8.43. The van der Waals surface area contributed by atoms with Crippen molar-refractivity contribution in [2.24, 2.45) is 0 Å². The Bertz CT molecular complexity index is 326. The minimum absolute atomic E-state index is 0.835. The van der Waals surface area contributed by atoms with Crippen LogP contribution in [0.1, 0.15) is 66.2 Å². The van der Waals surface area contributed by atoms with Crippen LogP contribution in [-0.2, 0) is 0 Å². The molecule has 0 radical (unpaired) electrons. The van der Waals surface area contributed by atoms with Gasteiger partial charge in [0.15, 0.2) is 0 Å². The molecule has 0 aromatic rings. The highest BCUT2D eigenvalue weighted by Gasteiger charge is 2.19. The number of allylic oxidation sites excluding steroid dienone is 3. The maximum Gasteiger partial charge on any atom is 0.0137 e. The Balaban J connectivity index is 2.11. The van der Waals surface area contributed by atoms with Crippen LogP contribution in [0.5, 0.6) is 0 Å². The van der Waals surface area contributed by atoms with E-state index in [4.69, 9.17) is 0 Å². The average molecular weight is 293 g/mol. The molecule has 21 heavy (non-hydrogen) atoms. The molecule has 1 fully saturated rings. The summed E-state index contributed by atoms with van der Waals surface area (Å²) in [6.45, 7) is 13.6. The Labute approximate surface area is 132 Å². The minimum Gasteiger partial charge on any atom is -0.312 e. The van der Waals surface area contributed by atoms with Gasteiger partial charge >= 0.3 is 0 Å². The molecule has 0 saturated carbocycles. The maximum absolute atomic E-state index is 3.57. The predicted octanol–water partition coefficient (Wildman–Crippen LogP) is 4.53. The number of rotatable bonds is 9. The smallest absolute Gasteiger partial charge is 0.0137 e. The van der Waals surface area contributed by atoms with Gasteiger partial charge in [0.25, 0.3) is 0 Å². The van der Waals surface area contributed by atoms with Crippen LogP contribution in [0.3, 0.4) is 0 Å². The summed E-state index contributed by atoms with van der Waals surface area (Å²) >= 11 is 0. The zero-order valence-corrected chi connectivity index (χ0v) is 14.8. The molecule has 1 atom stereocenters. The first-order chi connectivity index (χ1) is 10.1. The molecule has 1 unspecified atom stereocenters. The molecule has 1 N–H and O–H groups in total. The Morgan fingerprint density at radius 3 is 2.71 bits per heavy atom. The lowest BCUT2D eigenvalue weighted by atomic mass is 10.0. The van der Waals surface area contributed by atoms with Crippen LogP contribution in [0.15, 0.2) is 23.3 Å². The van der Waals surface area contributed by atoms with E-state index in [1.165, 1.54) is 62.8 Å². The Morgan fingerprint density at radius 1 is 1.19 bits per heavy atom. The summed E-state index contributed by atoms with van der Waals surface area (Å²) < 4.78 is 0. The molecule has 0 aromatic heterocycles. The van der Waals surface area contributed by atoms with Crippen LogP contribution in [0.25, 0.3) is 0 Å². The first-order valence-corrected chi connectivity index (χ1v) is 8.87. The SMILES string of the molecule is CCC1CCCCN1CCNC/C=C(/C)CCC=C(C)C. The summed E-state index contributed by atoms with van der Waals surface area (Å²) in [7, 11) is 0. The Morgan fingerprint density at radius 2 is 2.00 bits per heavy atom. The first kappa shape index (κ1) is 18.4. The van der Waals surface area contributed by atoms with E-state index >= 15 is 0 Å². The Hall–Kier alpha value is -0.600. The number of hydrogen-bond acceptors (Lipinski definition) is 2. The van der Waals surface area contributed by atoms with Crippen molar-refractivity contribution in [3.63, 3.8) is 0 Å². The zero-order valence-electron chi connectivity index (χ0n) is 14.8. The summed E-state index contributed by atoms with van der Waals surface area (Å²) in [5.74, 6) is 0. The van der Waals surface area contributed by atoms with E-state index in [2.05, 4.69) is 50.1 Å². The first-order valence-electron chi connectivity index (χ1n) is 8.87. The molecule has 2 heteroatoms. The highest BCUT2D eigenvalue weighted by atomic mass is 15.2. The highest BCUT2D eigenvalue weighted by molar-refractivity contribution is 5.02.